The first kappa shape index (κ1) is 13.6. The molecule has 16 heavy (non-hydrogen) atoms. The number of rotatable bonds is 7. The van der Waals surface area contributed by atoms with E-state index < -0.39 is 5.60 Å². The van der Waals surface area contributed by atoms with E-state index in [4.69, 9.17) is 0 Å². The standard InChI is InChI=1S/C13H21NOS/c1-13(2,15)8-9-14-10-11-16-12-6-4-3-5-7-12/h3-7,14-15H,8-11H2,1-2H3. The fourth-order valence-electron chi connectivity index (χ4n) is 1.28. The lowest BCUT2D eigenvalue weighted by Gasteiger charge is -2.16. The molecule has 0 bridgehead atoms. The van der Waals surface area contributed by atoms with Crippen molar-refractivity contribution in [1.82, 2.24) is 5.32 Å². The van der Waals surface area contributed by atoms with E-state index in [1.165, 1.54) is 4.90 Å². The molecule has 2 nitrogen and oxygen atoms in total. The van der Waals surface area contributed by atoms with E-state index in [0.29, 0.717) is 0 Å². The topological polar surface area (TPSA) is 32.3 Å². The molecule has 0 heterocycles. The molecule has 3 heteroatoms. The van der Waals surface area contributed by atoms with Crippen LogP contribution in [-0.4, -0.2) is 29.5 Å². The quantitative estimate of drug-likeness (QED) is 0.566. The van der Waals surface area contributed by atoms with Gasteiger partial charge in [0.25, 0.3) is 0 Å². The third-order valence-electron chi connectivity index (χ3n) is 2.20. The maximum atomic E-state index is 9.51. The number of hydrogen-bond acceptors (Lipinski definition) is 3. The Kier molecular flexibility index (Phi) is 5.88. The smallest absolute Gasteiger partial charge is 0.0603 e. The Bertz CT molecular complexity index is 282. The average molecular weight is 239 g/mol. The molecule has 0 spiro atoms. The van der Waals surface area contributed by atoms with E-state index in [2.05, 4.69) is 29.6 Å². The van der Waals surface area contributed by atoms with Crippen LogP contribution in [0.4, 0.5) is 0 Å². The Labute approximate surface area is 102 Å². The van der Waals surface area contributed by atoms with Gasteiger partial charge in [-0.15, -0.1) is 11.8 Å². The fourth-order valence-corrected chi connectivity index (χ4v) is 2.11. The number of benzene rings is 1. The van der Waals surface area contributed by atoms with Crippen LogP contribution in [0.15, 0.2) is 35.2 Å². The van der Waals surface area contributed by atoms with Gasteiger partial charge >= 0.3 is 0 Å². The highest BCUT2D eigenvalue weighted by Crippen LogP contribution is 2.15. The van der Waals surface area contributed by atoms with E-state index >= 15 is 0 Å². The Morgan fingerprint density at radius 1 is 1.19 bits per heavy atom. The van der Waals surface area contributed by atoms with Gasteiger partial charge in [0, 0.05) is 17.2 Å². The second-order valence-electron chi connectivity index (χ2n) is 4.47. The second kappa shape index (κ2) is 6.94. The van der Waals surface area contributed by atoms with Crippen LogP contribution in [0.5, 0.6) is 0 Å². The van der Waals surface area contributed by atoms with Gasteiger partial charge in [-0.3, -0.25) is 0 Å². The second-order valence-corrected chi connectivity index (χ2v) is 5.64. The molecule has 0 saturated carbocycles. The van der Waals surface area contributed by atoms with E-state index in [-0.39, 0.29) is 0 Å². The summed E-state index contributed by atoms with van der Waals surface area (Å²) in [5.74, 6) is 1.07. The van der Waals surface area contributed by atoms with Crippen LogP contribution < -0.4 is 5.32 Å². The van der Waals surface area contributed by atoms with Crippen molar-refractivity contribution in [2.75, 3.05) is 18.8 Å². The minimum Gasteiger partial charge on any atom is -0.390 e. The summed E-state index contributed by atoms with van der Waals surface area (Å²) < 4.78 is 0. The van der Waals surface area contributed by atoms with Crippen LogP contribution in [0, 0.1) is 0 Å². The Morgan fingerprint density at radius 2 is 1.88 bits per heavy atom. The highest BCUT2D eigenvalue weighted by molar-refractivity contribution is 7.99. The molecule has 1 aromatic rings. The minimum atomic E-state index is -0.556. The van der Waals surface area contributed by atoms with Gasteiger partial charge < -0.3 is 10.4 Å². The summed E-state index contributed by atoms with van der Waals surface area (Å²) in [5.41, 5.74) is -0.556. The predicted molar refractivity (Wildman–Crippen MR) is 71.0 cm³/mol. The van der Waals surface area contributed by atoms with Gasteiger partial charge in [-0.2, -0.15) is 0 Å². The van der Waals surface area contributed by atoms with Crippen molar-refractivity contribution in [3.8, 4) is 0 Å². The Balaban J connectivity index is 2.01. The van der Waals surface area contributed by atoms with Crippen LogP contribution in [0.2, 0.25) is 0 Å². The molecule has 0 aliphatic rings. The zero-order valence-electron chi connectivity index (χ0n) is 10.1. The van der Waals surface area contributed by atoms with E-state index in [1.54, 1.807) is 0 Å². The Hall–Kier alpha value is -0.510. The van der Waals surface area contributed by atoms with Crippen molar-refractivity contribution in [3.63, 3.8) is 0 Å². The summed E-state index contributed by atoms with van der Waals surface area (Å²) in [5, 5.41) is 12.8. The molecular weight excluding hydrogens is 218 g/mol. The minimum absolute atomic E-state index is 0.556. The predicted octanol–water partition coefficient (Wildman–Crippen LogP) is 2.53. The van der Waals surface area contributed by atoms with Crippen molar-refractivity contribution in [2.24, 2.45) is 0 Å². The summed E-state index contributed by atoms with van der Waals surface area (Å²) in [6.45, 7) is 5.54. The molecule has 0 amide bonds. The molecule has 0 aliphatic carbocycles. The highest BCUT2D eigenvalue weighted by atomic mass is 32.2. The van der Waals surface area contributed by atoms with E-state index in [1.807, 2.05) is 31.7 Å². The lowest BCUT2D eigenvalue weighted by molar-refractivity contribution is 0.0714. The zero-order chi connectivity index (χ0) is 11.9. The summed E-state index contributed by atoms with van der Waals surface area (Å²) in [6, 6.07) is 10.4. The van der Waals surface area contributed by atoms with E-state index in [0.717, 1.165) is 25.3 Å². The van der Waals surface area contributed by atoms with Crippen LogP contribution in [0.25, 0.3) is 0 Å². The van der Waals surface area contributed by atoms with Crippen LogP contribution in [0.1, 0.15) is 20.3 Å². The number of aliphatic hydroxyl groups is 1. The first-order valence-electron chi connectivity index (χ1n) is 5.69. The van der Waals surface area contributed by atoms with Gasteiger partial charge in [0.2, 0.25) is 0 Å². The molecule has 0 unspecified atom stereocenters. The van der Waals surface area contributed by atoms with Gasteiger partial charge in [-0.1, -0.05) is 18.2 Å². The first-order valence-corrected chi connectivity index (χ1v) is 6.67. The molecule has 0 aromatic heterocycles. The zero-order valence-corrected chi connectivity index (χ0v) is 10.9. The van der Waals surface area contributed by atoms with Crippen LogP contribution >= 0.6 is 11.8 Å². The van der Waals surface area contributed by atoms with Crippen molar-refractivity contribution in [3.05, 3.63) is 30.3 Å². The lowest BCUT2D eigenvalue weighted by atomic mass is 10.1. The molecule has 0 fully saturated rings. The molecule has 0 radical (unpaired) electrons. The highest BCUT2D eigenvalue weighted by Gasteiger charge is 2.10. The molecule has 0 saturated heterocycles. The summed E-state index contributed by atoms with van der Waals surface area (Å²) in [7, 11) is 0. The SMILES string of the molecule is CC(C)(O)CCNCCSc1ccccc1. The van der Waals surface area contributed by atoms with Gasteiger partial charge in [-0.05, 0) is 38.9 Å². The first-order chi connectivity index (χ1) is 7.58. The molecule has 90 valence electrons. The summed E-state index contributed by atoms with van der Waals surface area (Å²) in [4.78, 5) is 1.31. The number of nitrogens with one attached hydrogen (secondary N) is 1. The lowest BCUT2D eigenvalue weighted by Crippen LogP contribution is -2.27. The number of hydrogen-bond donors (Lipinski definition) is 2. The van der Waals surface area contributed by atoms with Gasteiger partial charge in [0.05, 0.1) is 5.60 Å². The van der Waals surface area contributed by atoms with Crippen molar-refractivity contribution in [1.29, 1.82) is 0 Å². The maximum Gasteiger partial charge on any atom is 0.0603 e. The van der Waals surface area contributed by atoms with Crippen LogP contribution in [-0.2, 0) is 0 Å². The van der Waals surface area contributed by atoms with Crippen molar-refractivity contribution in [2.45, 2.75) is 30.8 Å². The summed E-state index contributed by atoms with van der Waals surface area (Å²) >= 11 is 1.85. The molecule has 2 N–H and O–H groups in total. The number of thioether (sulfide) groups is 1. The Morgan fingerprint density at radius 3 is 2.50 bits per heavy atom. The third-order valence-corrected chi connectivity index (χ3v) is 3.22. The fraction of sp³-hybridized carbons (Fsp3) is 0.538. The van der Waals surface area contributed by atoms with Crippen molar-refractivity contribution < 1.29 is 5.11 Å². The monoisotopic (exact) mass is 239 g/mol. The van der Waals surface area contributed by atoms with Crippen LogP contribution in [0.3, 0.4) is 0 Å². The molecule has 1 rings (SSSR count). The maximum absolute atomic E-state index is 9.51. The van der Waals surface area contributed by atoms with Crippen molar-refractivity contribution >= 4 is 11.8 Å². The summed E-state index contributed by atoms with van der Waals surface area (Å²) in [6.07, 6.45) is 0.795. The average Bonchev–Trinajstić information content (AvgIpc) is 2.23. The normalized spacial score (nSPS) is 11.7. The third kappa shape index (κ3) is 6.88. The van der Waals surface area contributed by atoms with Gasteiger partial charge in [0.1, 0.15) is 0 Å². The molecule has 0 atom stereocenters. The van der Waals surface area contributed by atoms with Gasteiger partial charge in [-0.25, -0.2) is 0 Å². The molecule has 0 aliphatic heterocycles. The van der Waals surface area contributed by atoms with E-state index in [9.17, 15) is 5.11 Å². The largest absolute Gasteiger partial charge is 0.390 e. The van der Waals surface area contributed by atoms with Gasteiger partial charge in [0.15, 0.2) is 0 Å². The molecular formula is C13H21NOS. The molecule has 1 aromatic carbocycles.